The maximum Gasteiger partial charge on any atom is 0.251 e. The summed E-state index contributed by atoms with van der Waals surface area (Å²) in [4.78, 5) is 59.6. The van der Waals surface area contributed by atoms with E-state index in [0.717, 1.165) is 18.8 Å². The van der Waals surface area contributed by atoms with Crippen LogP contribution in [0, 0.1) is 5.92 Å². The number of likely N-dealkylation sites (N-methyl/N-ethyl adjacent to an activating group) is 1. The van der Waals surface area contributed by atoms with Gasteiger partial charge in [0.1, 0.15) is 12.1 Å². The summed E-state index contributed by atoms with van der Waals surface area (Å²) < 4.78 is 5.40. The predicted octanol–water partition coefficient (Wildman–Crippen LogP) is 0.610. The van der Waals surface area contributed by atoms with E-state index in [1.165, 1.54) is 0 Å². The number of anilines is 1. The molecule has 202 valence electrons. The van der Waals surface area contributed by atoms with Crippen LogP contribution in [0.4, 0.5) is 5.69 Å². The predicted molar refractivity (Wildman–Crippen MR) is 139 cm³/mol. The summed E-state index contributed by atoms with van der Waals surface area (Å²) in [6.45, 7) is 7.63. The fourth-order valence-corrected chi connectivity index (χ4v) is 5.53. The zero-order valence-electron chi connectivity index (χ0n) is 22.3. The molecule has 3 aliphatic heterocycles. The fraction of sp³-hybridized carbons (Fsp3) is 0.630. The second-order valence-corrected chi connectivity index (χ2v) is 10.9. The summed E-state index contributed by atoms with van der Waals surface area (Å²) in [5.41, 5.74) is 1.51. The lowest BCUT2D eigenvalue weighted by atomic mass is 10.0. The van der Waals surface area contributed by atoms with Crippen molar-refractivity contribution in [2.24, 2.45) is 5.92 Å². The molecule has 0 saturated carbocycles. The Morgan fingerprint density at radius 1 is 1.05 bits per heavy atom. The molecule has 3 atom stereocenters. The number of nitrogens with one attached hydrogen (secondary N) is 1. The first-order chi connectivity index (χ1) is 17.7. The van der Waals surface area contributed by atoms with Gasteiger partial charge in [-0.2, -0.15) is 0 Å². The number of morpholine rings is 1. The maximum absolute atomic E-state index is 13.7. The molecule has 0 radical (unpaired) electrons. The van der Waals surface area contributed by atoms with E-state index in [2.05, 4.69) is 10.2 Å². The molecular formula is C27H39N5O5. The van der Waals surface area contributed by atoms with Crippen LogP contribution in [-0.4, -0.2) is 116 Å². The third kappa shape index (κ3) is 6.13. The van der Waals surface area contributed by atoms with Crippen LogP contribution in [0.5, 0.6) is 0 Å². The minimum Gasteiger partial charge on any atom is -0.378 e. The molecule has 3 saturated heterocycles. The number of benzene rings is 1. The number of Topliss-reactive ketones (excluding diaryl/α,β-unsaturated/α-hetero) is 1. The van der Waals surface area contributed by atoms with E-state index in [4.69, 9.17) is 4.74 Å². The Morgan fingerprint density at radius 3 is 2.35 bits per heavy atom. The number of ether oxygens (including phenoxy) is 1. The molecule has 1 N–H and O–H groups in total. The number of carbonyl (C=O) groups excluding carboxylic acids is 4. The molecule has 0 bridgehead atoms. The molecule has 0 spiro atoms. The summed E-state index contributed by atoms with van der Waals surface area (Å²) in [7, 11) is 3.63. The Hall–Kier alpha value is -2.98. The second-order valence-electron chi connectivity index (χ2n) is 10.9. The topological polar surface area (TPSA) is 103 Å². The average Bonchev–Trinajstić information content (AvgIpc) is 3.44. The molecule has 3 aliphatic rings. The normalized spacial score (nSPS) is 22.5. The van der Waals surface area contributed by atoms with Gasteiger partial charge < -0.3 is 29.7 Å². The zero-order chi connectivity index (χ0) is 26.7. The Balaban J connectivity index is 1.44. The van der Waals surface area contributed by atoms with Crippen LogP contribution < -0.4 is 10.2 Å². The van der Waals surface area contributed by atoms with Crippen molar-refractivity contribution in [3.05, 3.63) is 29.8 Å². The minimum absolute atomic E-state index is 0.0302. The van der Waals surface area contributed by atoms with Gasteiger partial charge in [0.05, 0.1) is 32.3 Å². The van der Waals surface area contributed by atoms with Crippen LogP contribution in [0.15, 0.2) is 24.3 Å². The molecule has 3 unspecified atom stereocenters. The zero-order valence-corrected chi connectivity index (χ0v) is 22.3. The van der Waals surface area contributed by atoms with E-state index in [9.17, 15) is 19.2 Å². The number of fused-ring (bicyclic) bond motifs is 1. The van der Waals surface area contributed by atoms with E-state index in [1.54, 1.807) is 26.8 Å². The molecule has 3 fully saturated rings. The molecule has 0 aliphatic carbocycles. The van der Waals surface area contributed by atoms with Crippen LogP contribution in [0.25, 0.3) is 0 Å². The van der Waals surface area contributed by atoms with Crippen molar-refractivity contribution in [2.45, 2.75) is 44.8 Å². The van der Waals surface area contributed by atoms with Gasteiger partial charge in [-0.1, -0.05) is 13.8 Å². The van der Waals surface area contributed by atoms with Crippen LogP contribution >= 0.6 is 0 Å². The number of likely N-dealkylation sites (tertiary alicyclic amines) is 2. The first-order valence-electron chi connectivity index (χ1n) is 13.2. The molecule has 10 heteroatoms. The Kier molecular flexibility index (Phi) is 8.49. The monoisotopic (exact) mass is 513 g/mol. The van der Waals surface area contributed by atoms with Gasteiger partial charge in [-0.15, -0.1) is 0 Å². The highest BCUT2D eigenvalue weighted by Gasteiger charge is 2.52. The van der Waals surface area contributed by atoms with Gasteiger partial charge in [-0.25, -0.2) is 0 Å². The Bertz CT molecular complexity index is 1000. The van der Waals surface area contributed by atoms with E-state index in [-0.39, 0.29) is 48.6 Å². The third-order valence-electron chi connectivity index (χ3n) is 7.29. The number of nitrogens with zero attached hydrogens (tertiary/aromatic N) is 4. The van der Waals surface area contributed by atoms with Gasteiger partial charge in [0, 0.05) is 30.9 Å². The van der Waals surface area contributed by atoms with Gasteiger partial charge in [-0.05, 0) is 57.1 Å². The number of ketones is 1. The molecule has 3 heterocycles. The lowest BCUT2D eigenvalue weighted by Gasteiger charge is -2.29. The SMILES string of the molecule is CC(C)CC(NC(=O)c1ccc(N2CCOCC2)cc1)C(=O)N1CCC2C1C(=O)CN2C(=O)CN(C)C. The quantitative estimate of drug-likeness (QED) is 0.543. The summed E-state index contributed by atoms with van der Waals surface area (Å²) in [6, 6.07) is 5.70. The van der Waals surface area contributed by atoms with Crippen molar-refractivity contribution in [1.82, 2.24) is 20.0 Å². The number of amides is 3. The van der Waals surface area contributed by atoms with Gasteiger partial charge >= 0.3 is 0 Å². The first kappa shape index (κ1) is 27.1. The van der Waals surface area contributed by atoms with Crippen molar-refractivity contribution in [2.75, 3.05) is 64.9 Å². The number of hydrogen-bond acceptors (Lipinski definition) is 7. The van der Waals surface area contributed by atoms with Crippen molar-refractivity contribution < 1.29 is 23.9 Å². The summed E-state index contributed by atoms with van der Waals surface area (Å²) >= 11 is 0. The largest absolute Gasteiger partial charge is 0.378 e. The lowest BCUT2D eigenvalue weighted by Crippen LogP contribution is -2.53. The third-order valence-corrected chi connectivity index (χ3v) is 7.29. The minimum atomic E-state index is -0.746. The number of rotatable bonds is 8. The van der Waals surface area contributed by atoms with E-state index in [1.807, 2.05) is 40.1 Å². The molecular weight excluding hydrogens is 474 g/mol. The van der Waals surface area contributed by atoms with Crippen molar-refractivity contribution >= 4 is 29.2 Å². The number of carbonyl (C=O) groups is 4. The van der Waals surface area contributed by atoms with Crippen LogP contribution in [-0.2, 0) is 19.1 Å². The first-order valence-corrected chi connectivity index (χ1v) is 13.2. The van der Waals surface area contributed by atoms with Crippen LogP contribution in [0.1, 0.15) is 37.0 Å². The standard InChI is InChI=1S/C27H39N5O5/c1-18(2)15-21(28-26(35)19-5-7-20(8-6-19)30-11-13-37-14-12-30)27(36)31-10-9-22-25(31)23(33)16-32(22)24(34)17-29(3)4/h5-8,18,21-22,25H,9-17H2,1-4H3,(H,28,35). The van der Waals surface area contributed by atoms with Gasteiger partial charge in [0.15, 0.2) is 5.78 Å². The highest BCUT2D eigenvalue weighted by atomic mass is 16.5. The van der Waals surface area contributed by atoms with Crippen molar-refractivity contribution in [3.63, 3.8) is 0 Å². The van der Waals surface area contributed by atoms with Gasteiger partial charge in [-0.3, -0.25) is 19.2 Å². The molecule has 3 amide bonds. The highest BCUT2D eigenvalue weighted by Crippen LogP contribution is 2.31. The smallest absolute Gasteiger partial charge is 0.251 e. The maximum atomic E-state index is 13.7. The molecule has 4 rings (SSSR count). The highest BCUT2D eigenvalue weighted by molar-refractivity contribution is 6.01. The van der Waals surface area contributed by atoms with E-state index in [0.29, 0.717) is 38.2 Å². The second kappa shape index (κ2) is 11.6. The summed E-state index contributed by atoms with van der Waals surface area (Å²) in [5.74, 6) is -0.628. The molecule has 1 aromatic carbocycles. The average molecular weight is 514 g/mol. The van der Waals surface area contributed by atoms with Crippen LogP contribution in [0.3, 0.4) is 0 Å². The summed E-state index contributed by atoms with van der Waals surface area (Å²) in [5, 5.41) is 2.93. The molecule has 10 nitrogen and oxygen atoms in total. The van der Waals surface area contributed by atoms with E-state index >= 15 is 0 Å². The summed E-state index contributed by atoms with van der Waals surface area (Å²) in [6.07, 6.45) is 1.02. The van der Waals surface area contributed by atoms with Crippen LogP contribution in [0.2, 0.25) is 0 Å². The lowest BCUT2D eigenvalue weighted by molar-refractivity contribution is -0.138. The van der Waals surface area contributed by atoms with E-state index < -0.39 is 12.1 Å². The molecule has 37 heavy (non-hydrogen) atoms. The van der Waals surface area contributed by atoms with Crippen molar-refractivity contribution in [3.8, 4) is 0 Å². The van der Waals surface area contributed by atoms with Crippen molar-refractivity contribution in [1.29, 1.82) is 0 Å². The van der Waals surface area contributed by atoms with Gasteiger partial charge in [0.25, 0.3) is 5.91 Å². The molecule has 1 aromatic rings. The Morgan fingerprint density at radius 2 is 1.73 bits per heavy atom. The Labute approximate surface area is 218 Å². The number of hydrogen-bond donors (Lipinski definition) is 1. The van der Waals surface area contributed by atoms with Gasteiger partial charge in [0.2, 0.25) is 11.8 Å². The molecule has 0 aromatic heterocycles. The fourth-order valence-electron chi connectivity index (χ4n) is 5.53.